The Morgan fingerprint density at radius 1 is 0.938 bits per heavy atom. The first-order valence-electron chi connectivity index (χ1n) is 12.4. The van der Waals surface area contributed by atoms with Crippen molar-refractivity contribution in [1.82, 2.24) is 9.88 Å². The maximum atomic E-state index is 10.9. The number of fused-ring (bicyclic) bond motifs is 1. The maximum Gasteiger partial charge on any atom is 0.137 e. The molecule has 2 aromatic carbocycles. The van der Waals surface area contributed by atoms with E-state index < -0.39 is 0 Å². The molecular formula is C28H35N3O. The highest BCUT2D eigenvalue weighted by atomic mass is 16.3. The molecule has 0 amide bonds. The summed E-state index contributed by atoms with van der Waals surface area (Å²) in [7, 11) is 0. The molecule has 1 aliphatic heterocycles. The van der Waals surface area contributed by atoms with Crippen molar-refractivity contribution < 1.29 is 5.11 Å². The van der Waals surface area contributed by atoms with Crippen LogP contribution in [0.2, 0.25) is 0 Å². The molecule has 3 aromatic rings. The van der Waals surface area contributed by atoms with Crippen LogP contribution in [0.3, 0.4) is 0 Å². The monoisotopic (exact) mass is 429 g/mol. The lowest BCUT2D eigenvalue weighted by Gasteiger charge is -2.35. The fraction of sp³-hybridized carbons (Fsp3) is 0.464. The van der Waals surface area contributed by atoms with Crippen molar-refractivity contribution in [2.24, 2.45) is 5.92 Å². The molecular weight excluding hydrogens is 394 g/mol. The van der Waals surface area contributed by atoms with Gasteiger partial charge in [-0.2, -0.15) is 0 Å². The third-order valence-corrected chi connectivity index (χ3v) is 7.48. The number of anilines is 1. The molecule has 5 rings (SSSR count). The number of aromatic nitrogens is 1. The van der Waals surface area contributed by atoms with Gasteiger partial charge in [0.1, 0.15) is 5.82 Å². The van der Waals surface area contributed by atoms with E-state index in [1.807, 2.05) is 0 Å². The Labute approximate surface area is 191 Å². The summed E-state index contributed by atoms with van der Waals surface area (Å²) in [5.41, 5.74) is 3.16. The molecule has 1 unspecified atom stereocenters. The fourth-order valence-electron chi connectivity index (χ4n) is 5.42. The molecule has 2 heterocycles. The van der Waals surface area contributed by atoms with Gasteiger partial charge in [0.25, 0.3) is 0 Å². The number of likely N-dealkylation sites (N-methyl/N-ethyl adjacent to an activating group) is 1. The van der Waals surface area contributed by atoms with Gasteiger partial charge in [-0.05, 0) is 42.3 Å². The Hall–Kier alpha value is -2.43. The van der Waals surface area contributed by atoms with Gasteiger partial charge >= 0.3 is 0 Å². The molecule has 2 aliphatic rings. The van der Waals surface area contributed by atoms with E-state index in [-0.39, 0.29) is 6.10 Å². The van der Waals surface area contributed by atoms with Crippen LogP contribution in [0.4, 0.5) is 5.82 Å². The standard InChI is InChI=1S/C28H35N3O/c1-2-30-16-18-31(19-17-30)28-25-11-7-6-10-24(25)20-26(29-28)21-12-14-23(15-13-21)27(32)22-8-4-3-5-9-22/h6-7,10-15,20,22,27,32H,2-5,8-9,16-19H2,1H3. The van der Waals surface area contributed by atoms with E-state index in [0.717, 1.165) is 68.2 Å². The summed E-state index contributed by atoms with van der Waals surface area (Å²) in [6.07, 6.45) is 5.74. The molecule has 1 aliphatic carbocycles. The normalized spacial score (nSPS) is 19.4. The van der Waals surface area contributed by atoms with E-state index in [1.165, 1.54) is 30.0 Å². The lowest BCUT2D eigenvalue weighted by molar-refractivity contribution is 0.0848. The number of nitrogens with zero attached hydrogens (tertiary/aromatic N) is 3. The SMILES string of the molecule is CCN1CCN(c2nc(-c3ccc(C(O)C4CCCCC4)cc3)cc3ccccc23)CC1. The molecule has 0 bridgehead atoms. The van der Waals surface area contributed by atoms with Gasteiger partial charge in [-0.1, -0.05) is 74.7 Å². The van der Waals surface area contributed by atoms with Crippen molar-refractivity contribution >= 4 is 16.6 Å². The number of pyridine rings is 1. The van der Waals surface area contributed by atoms with Gasteiger partial charge in [-0.25, -0.2) is 4.98 Å². The molecule has 32 heavy (non-hydrogen) atoms. The molecule has 4 nitrogen and oxygen atoms in total. The number of benzene rings is 2. The fourth-order valence-corrected chi connectivity index (χ4v) is 5.42. The zero-order chi connectivity index (χ0) is 21.9. The zero-order valence-electron chi connectivity index (χ0n) is 19.2. The molecule has 0 spiro atoms. The zero-order valence-corrected chi connectivity index (χ0v) is 19.2. The van der Waals surface area contributed by atoms with E-state index >= 15 is 0 Å². The van der Waals surface area contributed by atoms with Crippen LogP contribution in [0.5, 0.6) is 0 Å². The molecule has 0 radical (unpaired) electrons. The Morgan fingerprint density at radius 2 is 1.66 bits per heavy atom. The van der Waals surface area contributed by atoms with Gasteiger partial charge in [0.2, 0.25) is 0 Å². The number of hydrogen-bond donors (Lipinski definition) is 1. The van der Waals surface area contributed by atoms with Gasteiger partial charge in [0, 0.05) is 37.1 Å². The van der Waals surface area contributed by atoms with Gasteiger partial charge < -0.3 is 14.9 Å². The highest BCUT2D eigenvalue weighted by Gasteiger charge is 2.23. The largest absolute Gasteiger partial charge is 0.388 e. The molecule has 1 saturated heterocycles. The minimum absolute atomic E-state index is 0.348. The first kappa shape index (κ1) is 21.4. The van der Waals surface area contributed by atoms with E-state index in [2.05, 4.69) is 71.3 Å². The predicted octanol–water partition coefficient (Wildman–Crippen LogP) is 5.66. The smallest absolute Gasteiger partial charge is 0.137 e. The Balaban J connectivity index is 1.44. The third kappa shape index (κ3) is 4.39. The maximum absolute atomic E-state index is 10.9. The third-order valence-electron chi connectivity index (χ3n) is 7.48. The first-order valence-corrected chi connectivity index (χ1v) is 12.4. The summed E-state index contributed by atoms with van der Waals surface area (Å²) in [5.74, 6) is 1.50. The van der Waals surface area contributed by atoms with E-state index in [1.54, 1.807) is 0 Å². The lowest BCUT2D eigenvalue weighted by Crippen LogP contribution is -2.46. The summed E-state index contributed by atoms with van der Waals surface area (Å²) in [6, 6.07) is 19.3. The van der Waals surface area contributed by atoms with E-state index in [9.17, 15) is 5.11 Å². The highest BCUT2D eigenvalue weighted by Crippen LogP contribution is 2.36. The van der Waals surface area contributed by atoms with Crippen LogP contribution >= 0.6 is 0 Å². The summed E-state index contributed by atoms with van der Waals surface area (Å²) in [5, 5.41) is 13.3. The van der Waals surface area contributed by atoms with Gasteiger partial charge in [0.15, 0.2) is 0 Å². The molecule has 168 valence electrons. The summed E-state index contributed by atoms with van der Waals surface area (Å²) in [4.78, 5) is 10.1. The van der Waals surface area contributed by atoms with Crippen molar-refractivity contribution in [3.05, 3.63) is 60.2 Å². The number of piperazine rings is 1. The van der Waals surface area contributed by atoms with E-state index in [0.29, 0.717) is 5.92 Å². The molecule has 1 saturated carbocycles. The second-order valence-corrected chi connectivity index (χ2v) is 9.44. The average molecular weight is 430 g/mol. The van der Waals surface area contributed by atoms with Crippen molar-refractivity contribution in [2.45, 2.75) is 45.1 Å². The summed E-state index contributed by atoms with van der Waals surface area (Å²) in [6.45, 7) is 7.55. The van der Waals surface area contributed by atoms with Gasteiger partial charge in [0.05, 0.1) is 11.8 Å². The number of rotatable bonds is 5. The quantitative estimate of drug-likeness (QED) is 0.568. The minimum atomic E-state index is -0.348. The molecule has 4 heteroatoms. The van der Waals surface area contributed by atoms with Crippen LogP contribution in [0.1, 0.15) is 50.7 Å². The van der Waals surface area contributed by atoms with Crippen LogP contribution in [-0.4, -0.2) is 47.7 Å². The van der Waals surface area contributed by atoms with E-state index in [4.69, 9.17) is 4.98 Å². The Morgan fingerprint density at radius 3 is 2.38 bits per heavy atom. The molecule has 2 fully saturated rings. The second kappa shape index (κ2) is 9.60. The lowest BCUT2D eigenvalue weighted by atomic mass is 9.82. The minimum Gasteiger partial charge on any atom is -0.388 e. The van der Waals surface area contributed by atoms with Gasteiger partial charge in [-0.15, -0.1) is 0 Å². The molecule has 1 atom stereocenters. The summed E-state index contributed by atoms with van der Waals surface area (Å²) >= 11 is 0. The van der Waals surface area contributed by atoms with Crippen molar-refractivity contribution in [1.29, 1.82) is 0 Å². The first-order chi connectivity index (χ1) is 15.7. The van der Waals surface area contributed by atoms with Crippen LogP contribution < -0.4 is 4.90 Å². The van der Waals surface area contributed by atoms with Crippen molar-refractivity contribution in [2.75, 3.05) is 37.6 Å². The van der Waals surface area contributed by atoms with Crippen molar-refractivity contribution in [3.63, 3.8) is 0 Å². The van der Waals surface area contributed by atoms with Crippen LogP contribution in [0, 0.1) is 5.92 Å². The van der Waals surface area contributed by atoms with Gasteiger partial charge in [-0.3, -0.25) is 0 Å². The second-order valence-electron chi connectivity index (χ2n) is 9.44. The summed E-state index contributed by atoms with van der Waals surface area (Å²) < 4.78 is 0. The molecule has 1 aromatic heterocycles. The average Bonchev–Trinajstić information content (AvgIpc) is 2.88. The number of aliphatic hydroxyl groups is 1. The van der Waals surface area contributed by atoms with Crippen LogP contribution in [-0.2, 0) is 0 Å². The number of hydrogen-bond acceptors (Lipinski definition) is 4. The van der Waals surface area contributed by atoms with Crippen LogP contribution in [0.25, 0.3) is 22.0 Å². The predicted molar refractivity (Wildman–Crippen MR) is 133 cm³/mol. The number of aliphatic hydroxyl groups excluding tert-OH is 1. The molecule has 1 N–H and O–H groups in total. The Kier molecular flexibility index (Phi) is 6.42. The Bertz CT molecular complexity index is 1030. The highest BCUT2D eigenvalue weighted by molar-refractivity contribution is 5.95. The topological polar surface area (TPSA) is 39.6 Å². The van der Waals surface area contributed by atoms with Crippen LogP contribution in [0.15, 0.2) is 54.6 Å². The van der Waals surface area contributed by atoms with Crippen molar-refractivity contribution in [3.8, 4) is 11.3 Å².